The number of benzene rings is 2. The number of nitrogens with zero attached hydrogens (tertiary/aromatic N) is 2. The van der Waals surface area contributed by atoms with Crippen molar-refractivity contribution in [2.45, 2.75) is 33.4 Å². The van der Waals surface area contributed by atoms with E-state index in [2.05, 4.69) is 17.0 Å². The van der Waals surface area contributed by atoms with Crippen LogP contribution in [0.1, 0.15) is 38.8 Å². The number of furan rings is 1. The van der Waals surface area contributed by atoms with Crippen LogP contribution in [-0.2, 0) is 19.6 Å². The largest absolute Gasteiger partial charge is 0.485 e. The van der Waals surface area contributed by atoms with Crippen molar-refractivity contribution in [3.8, 4) is 5.75 Å². The third-order valence-corrected chi connectivity index (χ3v) is 5.46. The molecule has 0 radical (unpaired) electrons. The van der Waals surface area contributed by atoms with E-state index in [-0.39, 0.29) is 24.1 Å². The van der Waals surface area contributed by atoms with E-state index in [1.807, 2.05) is 44.2 Å². The van der Waals surface area contributed by atoms with Crippen LogP contribution in [0.25, 0.3) is 0 Å². The van der Waals surface area contributed by atoms with Gasteiger partial charge in [-0.15, -0.1) is 6.58 Å². The first-order chi connectivity index (χ1) is 16.4. The quantitative estimate of drug-likeness (QED) is 0.319. The highest BCUT2D eigenvalue weighted by atomic mass is 19.1. The Bertz CT molecular complexity index is 1310. The van der Waals surface area contributed by atoms with Gasteiger partial charge < -0.3 is 14.5 Å². The lowest BCUT2D eigenvalue weighted by molar-refractivity contribution is 0.0992. The normalized spacial score (nSPS) is 10.8. The highest BCUT2D eigenvalue weighted by Gasteiger charge is 2.18. The Morgan fingerprint density at radius 3 is 2.68 bits per heavy atom. The summed E-state index contributed by atoms with van der Waals surface area (Å²) in [5.74, 6) is 0.826. The SMILES string of the molecule is C=CCc1ccccc1OCc1ccc(C(=O)Nc2c(C)nn(Cc3ccc(F)cc3)c2C)o1. The van der Waals surface area contributed by atoms with Gasteiger partial charge in [0, 0.05) is 0 Å². The number of ether oxygens (including phenoxy) is 1. The number of carbonyl (C=O) groups is 1. The number of anilines is 1. The van der Waals surface area contributed by atoms with Crippen molar-refractivity contribution in [1.29, 1.82) is 0 Å². The van der Waals surface area contributed by atoms with E-state index < -0.39 is 0 Å². The molecule has 1 N–H and O–H groups in total. The summed E-state index contributed by atoms with van der Waals surface area (Å²) < 4.78 is 26.5. The van der Waals surface area contributed by atoms with Gasteiger partial charge in [-0.2, -0.15) is 5.10 Å². The van der Waals surface area contributed by atoms with E-state index in [0.29, 0.717) is 30.1 Å². The zero-order valence-corrected chi connectivity index (χ0v) is 19.2. The Morgan fingerprint density at radius 1 is 1.15 bits per heavy atom. The molecule has 0 saturated carbocycles. The van der Waals surface area contributed by atoms with Crippen molar-refractivity contribution in [1.82, 2.24) is 9.78 Å². The van der Waals surface area contributed by atoms with E-state index in [1.165, 1.54) is 12.1 Å². The minimum absolute atomic E-state index is 0.183. The zero-order valence-electron chi connectivity index (χ0n) is 19.2. The fourth-order valence-corrected chi connectivity index (χ4v) is 3.66. The first kappa shape index (κ1) is 23.0. The summed E-state index contributed by atoms with van der Waals surface area (Å²) in [5.41, 5.74) is 4.05. The molecule has 0 aliphatic heterocycles. The predicted octanol–water partition coefficient (Wildman–Crippen LogP) is 5.84. The van der Waals surface area contributed by atoms with E-state index >= 15 is 0 Å². The number of aromatic nitrogens is 2. The van der Waals surface area contributed by atoms with Gasteiger partial charge in [-0.05, 0) is 61.7 Å². The van der Waals surface area contributed by atoms with Crippen LogP contribution in [0.5, 0.6) is 5.75 Å². The summed E-state index contributed by atoms with van der Waals surface area (Å²) >= 11 is 0. The molecule has 0 saturated heterocycles. The van der Waals surface area contributed by atoms with Crippen LogP contribution in [0.2, 0.25) is 0 Å². The number of carbonyl (C=O) groups excluding carboxylic acids is 1. The Kier molecular flexibility index (Phi) is 6.92. The van der Waals surface area contributed by atoms with Crippen LogP contribution in [0.3, 0.4) is 0 Å². The predicted molar refractivity (Wildman–Crippen MR) is 129 cm³/mol. The summed E-state index contributed by atoms with van der Waals surface area (Å²) in [6.07, 6.45) is 2.53. The standard InChI is InChI=1S/C27H26FN3O3/c1-4-7-21-8-5-6-9-24(21)33-17-23-14-15-25(34-23)27(32)29-26-18(2)30-31(19(26)3)16-20-10-12-22(28)13-11-20/h4-6,8-15H,1,7,16-17H2,2-3H3,(H,29,32). The van der Waals surface area contributed by atoms with Crippen molar-refractivity contribution in [3.05, 3.63) is 113 Å². The number of para-hydroxylation sites is 1. The molecule has 4 rings (SSSR count). The molecule has 0 atom stereocenters. The highest BCUT2D eigenvalue weighted by Crippen LogP contribution is 2.23. The molecule has 0 aliphatic rings. The molecule has 2 heterocycles. The van der Waals surface area contributed by atoms with Gasteiger partial charge in [0.15, 0.2) is 5.76 Å². The molecule has 4 aromatic rings. The lowest BCUT2D eigenvalue weighted by Crippen LogP contribution is -2.12. The molecular formula is C27H26FN3O3. The Labute approximate surface area is 197 Å². The van der Waals surface area contributed by atoms with Crippen molar-refractivity contribution < 1.29 is 18.3 Å². The Balaban J connectivity index is 1.41. The smallest absolute Gasteiger partial charge is 0.291 e. The van der Waals surface area contributed by atoms with E-state index in [0.717, 1.165) is 22.6 Å². The second-order valence-electron chi connectivity index (χ2n) is 7.94. The maximum absolute atomic E-state index is 13.2. The summed E-state index contributed by atoms with van der Waals surface area (Å²) in [4.78, 5) is 12.8. The summed E-state index contributed by atoms with van der Waals surface area (Å²) in [6.45, 7) is 8.15. The lowest BCUT2D eigenvalue weighted by Gasteiger charge is -2.09. The van der Waals surface area contributed by atoms with Gasteiger partial charge in [-0.25, -0.2) is 4.39 Å². The molecule has 0 spiro atoms. The molecule has 34 heavy (non-hydrogen) atoms. The molecule has 7 heteroatoms. The molecular weight excluding hydrogens is 433 g/mol. The van der Waals surface area contributed by atoms with Crippen molar-refractivity contribution in [3.63, 3.8) is 0 Å². The summed E-state index contributed by atoms with van der Waals surface area (Å²) in [6, 6.07) is 17.3. The summed E-state index contributed by atoms with van der Waals surface area (Å²) in [5, 5.41) is 7.41. The van der Waals surface area contributed by atoms with Gasteiger partial charge in [-0.1, -0.05) is 36.4 Å². The number of amides is 1. The van der Waals surface area contributed by atoms with E-state index in [1.54, 1.807) is 28.9 Å². The molecule has 0 bridgehead atoms. The molecule has 2 aromatic carbocycles. The monoisotopic (exact) mass is 459 g/mol. The van der Waals surface area contributed by atoms with Crippen LogP contribution in [-0.4, -0.2) is 15.7 Å². The second kappa shape index (κ2) is 10.2. The molecule has 6 nitrogen and oxygen atoms in total. The van der Waals surface area contributed by atoms with Crippen molar-refractivity contribution in [2.75, 3.05) is 5.32 Å². The lowest BCUT2D eigenvalue weighted by atomic mass is 10.1. The number of nitrogens with one attached hydrogen (secondary N) is 1. The molecule has 0 fully saturated rings. The third kappa shape index (κ3) is 5.26. The first-order valence-corrected chi connectivity index (χ1v) is 10.9. The zero-order chi connectivity index (χ0) is 24.1. The highest BCUT2D eigenvalue weighted by molar-refractivity contribution is 6.02. The number of halogens is 1. The van der Waals surface area contributed by atoms with Crippen LogP contribution in [0.15, 0.2) is 77.7 Å². The molecule has 0 aliphatic carbocycles. The first-order valence-electron chi connectivity index (χ1n) is 10.9. The van der Waals surface area contributed by atoms with Crippen LogP contribution in [0, 0.1) is 19.7 Å². The molecule has 1 amide bonds. The summed E-state index contributed by atoms with van der Waals surface area (Å²) in [7, 11) is 0. The number of rotatable bonds is 9. The number of hydrogen-bond donors (Lipinski definition) is 1. The number of allylic oxidation sites excluding steroid dienone is 1. The van der Waals surface area contributed by atoms with Crippen LogP contribution < -0.4 is 10.1 Å². The van der Waals surface area contributed by atoms with Crippen LogP contribution >= 0.6 is 0 Å². The maximum atomic E-state index is 13.2. The van der Waals surface area contributed by atoms with Gasteiger partial charge in [-0.3, -0.25) is 9.48 Å². The minimum Gasteiger partial charge on any atom is -0.485 e. The fourth-order valence-electron chi connectivity index (χ4n) is 3.66. The fraction of sp³-hybridized carbons (Fsp3) is 0.185. The molecule has 174 valence electrons. The van der Waals surface area contributed by atoms with Crippen LogP contribution in [0.4, 0.5) is 10.1 Å². The van der Waals surface area contributed by atoms with Crippen molar-refractivity contribution in [2.24, 2.45) is 0 Å². The van der Waals surface area contributed by atoms with Gasteiger partial charge in [0.1, 0.15) is 23.9 Å². The number of aryl methyl sites for hydroxylation is 1. The maximum Gasteiger partial charge on any atom is 0.291 e. The second-order valence-corrected chi connectivity index (χ2v) is 7.94. The number of hydrogen-bond acceptors (Lipinski definition) is 4. The molecule has 2 aromatic heterocycles. The average Bonchev–Trinajstić information content (AvgIpc) is 3.41. The van der Waals surface area contributed by atoms with E-state index in [9.17, 15) is 9.18 Å². The molecule has 0 unspecified atom stereocenters. The van der Waals surface area contributed by atoms with Gasteiger partial charge >= 0.3 is 0 Å². The Hall–Kier alpha value is -4.13. The average molecular weight is 460 g/mol. The topological polar surface area (TPSA) is 69.3 Å². The van der Waals surface area contributed by atoms with Gasteiger partial charge in [0.2, 0.25) is 0 Å². The Morgan fingerprint density at radius 2 is 1.91 bits per heavy atom. The minimum atomic E-state index is -0.370. The van der Waals surface area contributed by atoms with E-state index in [4.69, 9.17) is 9.15 Å². The van der Waals surface area contributed by atoms with Crippen molar-refractivity contribution >= 4 is 11.6 Å². The van der Waals surface area contributed by atoms with Gasteiger partial charge in [0.05, 0.1) is 23.6 Å². The van der Waals surface area contributed by atoms with Gasteiger partial charge in [0.25, 0.3) is 5.91 Å². The third-order valence-electron chi connectivity index (χ3n) is 5.46.